The van der Waals surface area contributed by atoms with Crippen LogP contribution in [-0.2, 0) is 9.47 Å². The van der Waals surface area contributed by atoms with Gasteiger partial charge in [0, 0.05) is 41.9 Å². The summed E-state index contributed by atoms with van der Waals surface area (Å²) < 4.78 is 12.6. The largest absolute Gasteiger partial charge is 0.348 e. The van der Waals surface area contributed by atoms with Gasteiger partial charge in [-0.2, -0.15) is 0 Å². The smallest absolute Gasteiger partial charge is 0.225 e. The van der Waals surface area contributed by atoms with Gasteiger partial charge < -0.3 is 14.4 Å². The van der Waals surface area contributed by atoms with E-state index in [0.717, 1.165) is 48.4 Å². The summed E-state index contributed by atoms with van der Waals surface area (Å²) in [6.07, 6.45) is 7.76. The molecule has 1 aliphatic heterocycles. The van der Waals surface area contributed by atoms with Gasteiger partial charge in [0.25, 0.3) is 0 Å². The molecule has 1 saturated heterocycles. The van der Waals surface area contributed by atoms with E-state index in [0.29, 0.717) is 6.04 Å². The highest BCUT2D eigenvalue weighted by Gasteiger charge is 2.41. The lowest BCUT2D eigenvalue weighted by atomic mass is 9.89. The Hall–Kier alpha value is -0.470. The maximum Gasteiger partial charge on any atom is 0.225 e. The number of ether oxygens (including phenoxy) is 2. The molecule has 0 bridgehead atoms. The molecule has 3 rings (SSSR count). The van der Waals surface area contributed by atoms with Gasteiger partial charge in [0.15, 0.2) is 5.79 Å². The molecule has 2 heterocycles. The van der Waals surface area contributed by atoms with Gasteiger partial charge in [0.1, 0.15) is 0 Å². The highest BCUT2D eigenvalue weighted by Crippen LogP contribution is 2.37. The topological polar surface area (TPSA) is 47.5 Å². The number of aromatic nitrogens is 2. The van der Waals surface area contributed by atoms with Crippen LogP contribution >= 0.6 is 22.6 Å². The van der Waals surface area contributed by atoms with E-state index < -0.39 is 0 Å². The molecule has 2 fully saturated rings. The van der Waals surface area contributed by atoms with Crippen LogP contribution in [0.25, 0.3) is 0 Å². The van der Waals surface area contributed by atoms with Gasteiger partial charge in [-0.15, -0.1) is 0 Å². The molecule has 0 radical (unpaired) electrons. The fourth-order valence-corrected chi connectivity index (χ4v) is 3.14. The molecular weight excluding hydrogens is 357 g/mol. The van der Waals surface area contributed by atoms with Crippen molar-refractivity contribution in [1.82, 2.24) is 9.97 Å². The maximum absolute atomic E-state index is 5.76. The summed E-state index contributed by atoms with van der Waals surface area (Å²) >= 11 is 2.22. The van der Waals surface area contributed by atoms with Crippen molar-refractivity contribution in [2.75, 3.05) is 25.2 Å². The van der Waals surface area contributed by atoms with Crippen molar-refractivity contribution in [3.8, 4) is 0 Å². The van der Waals surface area contributed by atoms with E-state index in [4.69, 9.17) is 9.47 Å². The standard InChI is InChI=1S/C13H18IN3O2/c1-17(12-15-8-10(14)9-16-12)11-2-4-13(5-3-11)18-6-7-19-13/h8-9,11H,2-7H2,1H3. The summed E-state index contributed by atoms with van der Waals surface area (Å²) in [6, 6.07) is 0.471. The summed E-state index contributed by atoms with van der Waals surface area (Å²) in [4.78, 5) is 11.0. The summed E-state index contributed by atoms with van der Waals surface area (Å²) in [5.41, 5.74) is 0. The molecule has 1 aliphatic carbocycles. The summed E-state index contributed by atoms with van der Waals surface area (Å²) in [5.74, 6) is 0.513. The van der Waals surface area contributed by atoms with Crippen molar-refractivity contribution < 1.29 is 9.47 Å². The molecule has 104 valence electrons. The van der Waals surface area contributed by atoms with Crippen LogP contribution in [0.4, 0.5) is 5.95 Å². The second kappa shape index (κ2) is 5.49. The number of hydrogen-bond donors (Lipinski definition) is 0. The molecular formula is C13H18IN3O2. The zero-order valence-corrected chi connectivity index (χ0v) is 13.2. The number of hydrogen-bond acceptors (Lipinski definition) is 5. The van der Waals surface area contributed by atoms with Gasteiger partial charge in [-0.3, -0.25) is 0 Å². The van der Waals surface area contributed by atoms with Crippen molar-refractivity contribution in [3.63, 3.8) is 0 Å². The molecule has 1 aromatic rings. The highest BCUT2D eigenvalue weighted by atomic mass is 127. The summed E-state index contributed by atoms with van der Waals surface area (Å²) in [6.45, 7) is 1.47. The first-order valence-electron chi connectivity index (χ1n) is 6.67. The third kappa shape index (κ3) is 2.85. The highest BCUT2D eigenvalue weighted by molar-refractivity contribution is 14.1. The molecule has 6 heteroatoms. The summed E-state index contributed by atoms with van der Waals surface area (Å²) in [7, 11) is 2.07. The fraction of sp³-hybridized carbons (Fsp3) is 0.692. The monoisotopic (exact) mass is 375 g/mol. The third-order valence-electron chi connectivity index (χ3n) is 4.00. The molecule has 5 nitrogen and oxygen atoms in total. The van der Waals surface area contributed by atoms with Gasteiger partial charge in [-0.05, 0) is 35.4 Å². The third-order valence-corrected chi connectivity index (χ3v) is 4.56. The van der Waals surface area contributed by atoms with E-state index in [1.54, 1.807) is 0 Å². The van der Waals surface area contributed by atoms with Crippen LogP contribution < -0.4 is 4.90 Å². The number of nitrogens with zero attached hydrogens (tertiary/aromatic N) is 3. The van der Waals surface area contributed by atoms with E-state index in [1.807, 2.05) is 12.4 Å². The Bertz CT molecular complexity index is 424. The Kier molecular flexibility index (Phi) is 3.91. The molecule has 1 saturated carbocycles. The van der Waals surface area contributed by atoms with Crippen LogP contribution in [0.5, 0.6) is 0 Å². The van der Waals surface area contributed by atoms with Crippen molar-refractivity contribution in [2.24, 2.45) is 0 Å². The lowest BCUT2D eigenvalue weighted by Gasteiger charge is -2.38. The minimum absolute atomic E-state index is 0.287. The number of rotatable bonds is 2. The minimum Gasteiger partial charge on any atom is -0.348 e. The van der Waals surface area contributed by atoms with Crippen molar-refractivity contribution >= 4 is 28.5 Å². The van der Waals surface area contributed by atoms with Crippen LogP contribution in [0, 0.1) is 3.57 Å². The van der Waals surface area contributed by atoms with Crippen molar-refractivity contribution in [1.29, 1.82) is 0 Å². The first kappa shape index (κ1) is 13.5. The average Bonchev–Trinajstić information content (AvgIpc) is 2.88. The number of anilines is 1. The Morgan fingerprint density at radius 1 is 1.21 bits per heavy atom. The molecule has 1 aromatic heterocycles. The predicted molar refractivity (Wildman–Crippen MR) is 80.0 cm³/mol. The van der Waals surface area contributed by atoms with Gasteiger partial charge in [-0.25, -0.2) is 9.97 Å². The first-order chi connectivity index (χ1) is 9.19. The van der Waals surface area contributed by atoms with E-state index in [-0.39, 0.29) is 5.79 Å². The SMILES string of the molecule is CN(c1ncc(I)cn1)C1CCC2(CC1)OCCO2. The van der Waals surface area contributed by atoms with E-state index in [1.165, 1.54) is 0 Å². The van der Waals surface area contributed by atoms with Crippen molar-refractivity contribution in [3.05, 3.63) is 16.0 Å². The van der Waals surface area contributed by atoms with Crippen LogP contribution in [0.1, 0.15) is 25.7 Å². The van der Waals surface area contributed by atoms with Crippen LogP contribution in [-0.4, -0.2) is 42.1 Å². The molecule has 1 spiro atoms. The molecule has 0 amide bonds. The lowest BCUT2D eigenvalue weighted by Crippen LogP contribution is -2.43. The van der Waals surface area contributed by atoms with Gasteiger partial charge in [0.2, 0.25) is 5.95 Å². The van der Waals surface area contributed by atoms with Gasteiger partial charge in [-0.1, -0.05) is 0 Å². The zero-order valence-electron chi connectivity index (χ0n) is 11.0. The minimum atomic E-state index is -0.287. The molecule has 0 aromatic carbocycles. The molecule has 0 N–H and O–H groups in total. The van der Waals surface area contributed by atoms with Crippen LogP contribution in [0.2, 0.25) is 0 Å². The number of halogens is 1. The van der Waals surface area contributed by atoms with Gasteiger partial charge in [0.05, 0.1) is 13.2 Å². The molecule has 2 aliphatic rings. The van der Waals surface area contributed by atoms with E-state index in [2.05, 4.69) is 44.5 Å². The van der Waals surface area contributed by atoms with Crippen LogP contribution in [0.3, 0.4) is 0 Å². The Morgan fingerprint density at radius 2 is 1.79 bits per heavy atom. The summed E-state index contributed by atoms with van der Waals surface area (Å²) in [5, 5.41) is 0. The Morgan fingerprint density at radius 3 is 2.37 bits per heavy atom. The second-order valence-electron chi connectivity index (χ2n) is 5.15. The maximum atomic E-state index is 5.76. The predicted octanol–water partition coefficient (Wildman–Crippen LogP) is 2.20. The normalized spacial score (nSPS) is 22.8. The Balaban J connectivity index is 1.63. The molecule has 0 unspecified atom stereocenters. The molecule has 19 heavy (non-hydrogen) atoms. The second-order valence-corrected chi connectivity index (χ2v) is 6.40. The van der Waals surface area contributed by atoms with E-state index in [9.17, 15) is 0 Å². The fourth-order valence-electron chi connectivity index (χ4n) is 2.87. The van der Waals surface area contributed by atoms with Gasteiger partial charge >= 0.3 is 0 Å². The molecule has 0 atom stereocenters. The zero-order chi connectivity index (χ0) is 13.3. The van der Waals surface area contributed by atoms with Crippen molar-refractivity contribution in [2.45, 2.75) is 37.5 Å². The van der Waals surface area contributed by atoms with E-state index >= 15 is 0 Å². The average molecular weight is 375 g/mol. The first-order valence-corrected chi connectivity index (χ1v) is 7.75. The van der Waals surface area contributed by atoms with Crippen LogP contribution in [0.15, 0.2) is 12.4 Å². The lowest BCUT2D eigenvalue weighted by molar-refractivity contribution is -0.178. The Labute approximate surface area is 126 Å². The quantitative estimate of drug-likeness (QED) is 0.742.